The summed E-state index contributed by atoms with van der Waals surface area (Å²) in [6.07, 6.45) is 1.13. The standard InChI is InChI=1S/C11H23NO2S/c1-8(2)15(13,14)12-7-9(3)6-10(4)11(12)5/h8-11H,6-7H2,1-5H3. The molecule has 0 amide bonds. The average Bonchev–Trinajstić information content (AvgIpc) is 2.10. The van der Waals surface area contributed by atoms with Crippen LogP contribution >= 0.6 is 0 Å². The zero-order chi connectivity index (χ0) is 11.8. The highest BCUT2D eigenvalue weighted by molar-refractivity contribution is 7.89. The highest BCUT2D eigenvalue weighted by Crippen LogP contribution is 2.30. The van der Waals surface area contributed by atoms with E-state index in [1.165, 1.54) is 0 Å². The summed E-state index contributed by atoms with van der Waals surface area (Å²) < 4.78 is 25.9. The van der Waals surface area contributed by atoms with Crippen molar-refractivity contribution in [3.05, 3.63) is 0 Å². The molecule has 0 aromatic rings. The van der Waals surface area contributed by atoms with Gasteiger partial charge in [-0.3, -0.25) is 0 Å². The van der Waals surface area contributed by atoms with Gasteiger partial charge in [-0.05, 0) is 39.0 Å². The van der Waals surface area contributed by atoms with Gasteiger partial charge >= 0.3 is 0 Å². The second-order valence-electron chi connectivity index (χ2n) is 5.22. The maximum atomic E-state index is 12.1. The second kappa shape index (κ2) is 4.42. The van der Waals surface area contributed by atoms with Gasteiger partial charge in [0.15, 0.2) is 0 Å². The van der Waals surface area contributed by atoms with Gasteiger partial charge in [0.25, 0.3) is 0 Å². The molecule has 3 atom stereocenters. The van der Waals surface area contributed by atoms with E-state index in [0.717, 1.165) is 6.42 Å². The van der Waals surface area contributed by atoms with Crippen LogP contribution in [-0.4, -0.2) is 30.6 Å². The maximum absolute atomic E-state index is 12.1. The number of hydrogen-bond donors (Lipinski definition) is 0. The Hall–Kier alpha value is -0.0900. The van der Waals surface area contributed by atoms with E-state index in [4.69, 9.17) is 0 Å². The second-order valence-corrected chi connectivity index (χ2v) is 7.66. The minimum atomic E-state index is -3.08. The molecular formula is C11H23NO2S. The number of rotatable bonds is 2. The molecule has 1 aliphatic rings. The Bertz CT molecular complexity index is 311. The van der Waals surface area contributed by atoms with Crippen LogP contribution in [0.15, 0.2) is 0 Å². The molecule has 90 valence electrons. The summed E-state index contributed by atoms with van der Waals surface area (Å²) in [5.41, 5.74) is 0. The van der Waals surface area contributed by atoms with Crippen LogP contribution in [0.5, 0.6) is 0 Å². The fourth-order valence-electron chi connectivity index (χ4n) is 2.27. The van der Waals surface area contributed by atoms with E-state index < -0.39 is 10.0 Å². The molecule has 3 nitrogen and oxygen atoms in total. The quantitative estimate of drug-likeness (QED) is 0.732. The van der Waals surface area contributed by atoms with Gasteiger partial charge in [0.05, 0.1) is 5.25 Å². The van der Waals surface area contributed by atoms with Crippen LogP contribution in [0.2, 0.25) is 0 Å². The van der Waals surface area contributed by atoms with E-state index in [-0.39, 0.29) is 11.3 Å². The largest absolute Gasteiger partial charge is 0.216 e. The summed E-state index contributed by atoms with van der Waals surface area (Å²) >= 11 is 0. The van der Waals surface area contributed by atoms with Crippen molar-refractivity contribution in [2.24, 2.45) is 11.8 Å². The molecule has 1 fully saturated rings. The molecule has 0 aromatic carbocycles. The van der Waals surface area contributed by atoms with Crippen LogP contribution in [0, 0.1) is 11.8 Å². The average molecular weight is 233 g/mol. The van der Waals surface area contributed by atoms with Gasteiger partial charge in [0.2, 0.25) is 10.0 Å². The molecule has 0 radical (unpaired) electrons. The third kappa shape index (κ3) is 2.53. The van der Waals surface area contributed by atoms with Gasteiger partial charge in [0, 0.05) is 12.6 Å². The molecule has 0 spiro atoms. The van der Waals surface area contributed by atoms with Crippen molar-refractivity contribution < 1.29 is 8.42 Å². The van der Waals surface area contributed by atoms with Gasteiger partial charge in [-0.1, -0.05) is 13.8 Å². The van der Waals surface area contributed by atoms with Crippen molar-refractivity contribution in [1.82, 2.24) is 4.31 Å². The third-order valence-corrected chi connectivity index (χ3v) is 5.79. The monoisotopic (exact) mass is 233 g/mol. The number of piperidine rings is 1. The molecule has 0 saturated carbocycles. The first-order chi connectivity index (χ1) is 6.76. The first-order valence-corrected chi connectivity index (χ1v) is 7.27. The fraction of sp³-hybridized carbons (Fsp3) is 1.00. The Kier molecular flexibility index (Phi) is 3.82. The molecule has 1 heterocycles. The predicted octanol–water partition coefficient (Wildman–Crippen LogP) is 2.09. The minimum Gasteiger partial charge on any atom is -0.212 e. The molecule has 15 heavy (non-hydrogen) atoms. The van der Waals surface area contributed by atoms with Crippen LogP contribution in [0.3, 0.4) is 0 Å². The van der Waals surface area contributed by atoms with Crippen molar-refractivity contribution in [3.8, 4) is 0 Å². The molecule has 0 aromatic heterocycles. The van der Waals surface area contributed by atoms with Crippen molar-refractivity contribution >= 4 is 10.0 Å². The van der Waals surface area contributed by atoms with E-state index in [9.17, 15) is 8.42 Å². The topological polar surface area (TPSA) is 37.4 Å². The van der Waals surface area contributed by atoms with E-state index in [1.807, 2.05) is 6.92 Å². The summed E-state index contributed by atoms with van der Waals surface area (Å²) in [7, 11) is -3.08. The van der Waals surface area contributed by atoms with Crippen LogP contribution in [-0.2, 0) is 10.0 Å². The summed E-state index contributed by atoms with van der Waals surface area (Å²) in [6.45, 7) is 10.5. The SMILES string of the molecule is CC1CC(C)C(C)N(S(=O)(=O)C(C)C)C1. The van der Waals surface area contributed by atoms with Crippen LogP contribution in [0.1, 0.15) is 41.0 Å². The van der Waals surface area contributed by atoms with Crippen molar-refractivity contribution in [2.45, 2.75) is 52.3 Å². The Morgan fingerprint density at radius 2 is 1.73 bits per heavy atom. The Morgan fingerprint density at radius 3 is 2.20 bits per heavy atom. The highest BCUT2D eigenvalue weighted by atomic mass is 32.2. The molecule has 1 rings (SSSR count). The lowest BCUT2D eigenvalue weighted by molar-refractivity contribution is 0.156. The van der Waals surface area contributed by atoms with Gasteiger partial charge in [-0.15, -0.1) is 0 Å². The van der Waals surface area contributed by atoms with Gasteiger partial charge in [-0.25, -0.2) is 8.42 Å². The third-order valence-electron chi connectivity index (χ3n) is 3.47. The smallest absolute Gasteiger partial charge is 0.212 e. The fourth-order valence-corrected chi connectivity index (χ4v) is 3.94. The van der Waals surface area contributed by atoms with Crippen LogP contribution in [0.4, 0.5) is 0 Å². The zero-order valence-electron chi connectivity index (χ0n) is 10.4. The number of hydrogen-bond acceptors (Lipinski definition) is 2. The predicted molar refractivity (Wildman–Crippen MR) is 63.2 cm³/mol. The maximum Gasteiger partial charge on any atom is 0.216 e. The van der Waals surface area contributed by atoms with Crippen molar-refractivity contribution in [3.63, 3.8) is 0 Å². The van der Waals surface area contributed by atoms with Crippen molar-refractivity contribution in [1.29, 1.82) is 0 Å². The molecule has 1 aliphatic heterocycles. The van der Waals surface area contributed by atoms with E-state index in [2.05, 4.69) is 13.8 Å². The summed E-state index contributed by atoms with van der Waals surface area (Å²) in [6, 6.07) is 0.147. The molecule has 1 saturated heterocycles. The molecular weight excluding hydrogens is 210 g/mol. The van der Waals surface area contributed by atoms with Crippen molar-refractivity contribution in [2.75, 3.05) is 6.54 Å². The zero-order valence-corrected chi connectivity index (χ0v) is 11.2. The first-order valence-electron chi connectivity index (χ1n) is 5.77. The van der Waals surface area contributed by atoms with Crippen LogP contribution < -0.4 is 0 Å². The summed E-state index contributed by atoms with van der Waals surface area (Å²) in [4.78, 5) is 0. The van der Waals surface area contributed by atoms with E-state index >= 15 is 0 Å². The lowest BCUT2D eigenvalue weighted by Gasteiger charge is -2.40. The number of sulfonamides is 1. The van der Waals surface area contributed by atoms with Crippen LogP contribution in [0.25, 0.3) is 0 Å². The molecule has 0 aliphatic carbocycles. The summed E-state index contributed by atoms with van der Waals surface area (Å²) in [5, 5.41) is -0.308. The molecule has 3 unspecified atom stereocenters. The lowest BCUT2D eigenvalue weighted by atomic mass is 9.88. The first kappa shape index (κ1) is 13.0. The van der Waals surface area contributed by atoms with Gasteiger partial charge in [0.1, 0.15) is 0 Å². The van der Waals surface area contributed by atoms with Gasteiger partial charge in [-0.2, -0.15) is 4.31 Å². The number of nitrogens with zero attached hydrogens (tertiary/aromatic N) is 1. The molecule has 4 heteroatoms. The molecule has 0 N–H and O–H groups in total. The Balaban J connectivity index is 2.93. The Morgan fingerprint density at radius 1 is 1.20 bits per heavy atom. The summed E-state index contributed by atoms with van der Waals surface area (Å²) in [5.74, 6) is 0.937. The van der Waals surface area contributed by atoms with E-state index in [0.29, 0.717) is 18.4 Å². The minimum absolute atomic E-state index is 0.147. The van der Waals surface area contributed by atoms with E-state index in [1.54, 1.807) is 18.2 Å². The van der Waals surface area contributed by atoms with Gasteiger partial charge < -0.3 is 0 Å². The highest BCUT2D eigenvalue weighted by Gasteiger charge is 2.37. The lowest BCUT2D eigenvalue weighted by Crippen LogP contribution is -2.50. The normalized spacial score (nSPS) is 34.7. The Labute approximate surface area is 93.9 Å². The molecule has 0 bridgehead atoms.